The zero-order chi connectivity index (χ0) is 23.9. The van der Waals surface area contributed by atoms with Crippen molar-refractivity contribution < 1.29 is 14.3 Å². The van der Waals surface area contributed by atoms with E-state index in [0.29, 0.717) is 37.0 Å². The first-order valence-electron chi connectivity index (χ1n) is 11.4. The molecule has 35 heavy (non-hydrogen) atoms. The summed E-state index contributed by atoms with van der Waals surface area (Å²) in [6.07, 6.45) is 0.703. The molecule has 0 spiro atoms. The van der Waals surface area contributed by atoms with Crippen LogP contribution in [0.4, 0.5) is 0 Å². The van der Waals surface area contributed by atoms with Crippen LogP contribution in [0.15, 0.2) is 84.0 Å². The lowest BCUT2D eigenvalue weighted by molar-refractivity contribution is -0.118. The number of rotatable bonds is 8. The van der Waals surface area contributed by atoms with Gasteiger partial charge in [-0.15, -0.1) is 10.2 Å². The van der Waals surface area contributed by atoms with Gasteiger partial charge in [0.25, 0.3) is 0 Å². The minimum atomic E-state index is -0.0791. The van der Waals surface area contributed by atoms with E-state index in [1.54, 1.807) is 0 Å². The van der Waals surface area contributed by atoms with E-state index < -0.39 is 0 Å². The molecule has 8 heteroatoms. The SMILES string of the molecule is O=C(CSc1nnc(-c2ccccc2)c(-c2ccccc2)n1)NCCc1ccc2c(c1)OCCO2. The number of amides is 1. The molecule has 0 saturated heterocycles. The molecule has 3 aromatic carbocycles. The van der Waals surface area contributed by atoms with E-state index in [4.69, 9.17) is 14.5 Å². The molecule has 2 heterocycles. The van der Waals surface area contributed by atoms with Crippen molar-refractivity contribution in [3.8, 4) is 34.0 Å². The topological polar surface area (TPSA) is 86.2 Å². The Morgan fingerprint density at radius 2 is 1.51 bits per heavy atom. The van der Waals surface area contributed by atoms with Crippen molar-refractivity contribution in [2.24, 2.45) is 0 Å². The highest BCUT2D eigenvalue weighted by Gasteiger charge is 2.15. The molecule has 4 aromatic rings. The molecule has 0 unspecified atom stereocenters. The summed E-state index contributed by atoms with van der Waals surface area (Å²) >= 11 is 1.27. The smallest absolute Gasteiger partial charge is 0.230 e. The fourth-order valence-corrected chi connectivity index (χ4v) is 4.35. The normalized spacial score (nSPS) is 12.2. The van der Waals surface area contributed by atoms with Gasteiger partial charge in [0.05, 0.1) is 5.75 Å². The molecule has 0 fully saturated rings. The van der Waals surface area contributed by atoms with Gasteiger partial charge in [-0.3, -0.25) is 4.79 Å². The van der Waals surface area contributed by atoms with Gasteiger partial charge in [-0.05, 0) is 24.1 Å². The molecule has 0 saturated carbocycles. The molecule has 7 nitrogen and oxygen atoms in total. The van der Waals surface area contributed by atoms with Gasteiger partial charge >= 0.3 is 0 Å². The van der Waals surface area contributed by atoms with Crippen molar-refractivity contribution in [2.45, 2.75) is 11.6 Å². The van der Waals surface area contributed by atoms with Gasteiger partial charge in [0.15, 0.2) is 11.5 Å². The van der Waals surface area contributed by atoms with E-state index in [0.717, 1.165) is 33.9 Å². The number of ether oxygens (including phenoxy) is 2. The molecule has 0 atom stereocenters. The largest absolute Gasteiger partial charge is 0.486 e. The number of benzene rings is 3. The molecular formula is C27H24N4O3S. The Balaban J connectivity index is 1.20. The summed E-state index contributed by atoms with van der Waals surface area (Å²) in [4.78, 5) is 17.2. The summed E-state index contributed by atoms with van der Waals surface area (Å²) in [6.45, 7) is 1.65. The van der Waals surface area contributed by atoms with Crippen LogP contribution in [0.3, 0.4) is 0 Å². The van der Waals surface area contributed by atoms with E-state index in [9.17, 15) is 4.79 Å². The highest BCUT2D eigenvalue weighted by molar-refractivity contribution is 7.99. The lowest BCUT2D eigenvalue weighted by Crippen LogP contribution is -2.27. The minimum Gasteiger partial charge on any atom is -0.486 e. The number of fused-ring (bicyclic) bond motifs is 1. The zero-order valence-corrected chi connectivity index (χ0v) is 19.8. The first-order valence-corrected chi connectivity index (χ1v) is 12.4. The average Bonchev–Trinajstić information content (AvgIpc) is 2.93. The fourth-order valence-electron chi connectivity index (χ4n) is 3.73. The van der Waals surface area contributed by atoms with E-state index in [1.807, 2.05) is 78.9 Å². The fraction of sp³-hybridized carbons (Fsp3) is 0.185. The standard InChI is InChI=1S/C27H24N4O3S/c32-24(28-14-13-19-11-12-22-23(17-19)34-16-15-33-22)18-35-27-29-25(20-7-3-1-4-8-20)26(30-31-27)21-9-5-2-6-10-21/h1-12,17H,13-16,18H2,(H,28,32). The molecule has 176 valence electrons. The third-order valence-corrected chi connectivity index (χ3v) is 6.27. The number of nitrogens with zero attached hydrogens (tertiary/aromatic N) is 3. The molecule has 5 rings (SSSR count). The van der Waals surface area contributed by atoms with Crippen LogP contribution in [0, 0.1) is 0 Å². The maximum Gasteiger partial charge on any atom is 0.230 e. The minimum absolute atomic E-state index is 0.0791. The van der Waals surface area contributed by atoms with Gasteiger partial charge in [0, 0.05) is 17.7 Å². The number of aromatic nitrogens is 3. The first kappa shape index (κ1) is 22.9. The monoisotopic (exact) mass is 484 g/mol. The van der Waals surface area contributed by atoms with Crippen LogP contribution in [-0.2, 0) is 11.2 Å². The van der Waals surface area contributed by atoms with E-state index in [-0.39, 0.29) is 11.7 Å². The third kappa shape index (κ3) is 5.78. The van der Waals surface area contributed by atoms with Crippen molar-refractivity contribution in [3.63, 3.8) is 0 Å². The highest BCUT2D eigenvalue weighted by Crippen LogP contribution is 2.31. The van der Waals surface area contributed by atoms with Crippen molar-refractivity contribution in [1.82, 2.24) is 20.5 Å². The van der Waals surface area contributed by atoms with Gasteiger partial charge in [-0.25, -0.2) is 4.98 Å². The summed E-state index contributed by atoms with van der Waals surface area (Å²) in [5.74, 6) is 1.65. The quantitative estimate of drug-likeness (QED) is 0.370. The summed E-state index contributed by atoms with van der Waals surface area (Å²) in [5, 5.41) is 12.2. The summed E-state index contributed by atoms with van der Waals surface area (Å²) < 4.78 is 11.2. The Morgan fingerprint density at radius 1 is 0.829 bits per heavy atom. The number of hydrogen-bond donors (Lipinski definition) is 1. The predicted molar refractivity (Wildman–Crippen MR) is 136 cm³/mol. The van der Waals surface area contributed by atoms with Crippen molar-refractivity contribution in [1.29, 1.82) is 0 Å². The van der Waals surface area contributed by atoms with Gasteiger partial charge in [0.2, 0.25) is 11.1 Å². The number of hydrogen-bond acceptors (Lipinski definition) is 7. The first-order chi connectivity index (χ1) is 17.3. The second-order valence-corrected chi connectivity index (χ2v) is 8.83. The summed E-state index contributed by atoms with van der Waals surface area (Å²) in [7, 11) is 0. The molecule has 1 aliphatic heterocycles. The average molecular weight is 485 g/mol. The van der Waals surface area contributed by atoms with Crippen molar-refractivity contribution in [3.05, 3.63) is 84.4 Å². The van der Waals surface area contributed by atoms with Crippen LogP contribution in [-0.4, -0.2) is 46.6 Å². The Kier molecular flexibility index (Phi) is 7.19. The van der Waals surface area contributed by atoms with Gasteiger partial charge < -0.3 is 14.8 Å². The van der Waals surface area contributed by atoms with Crippen molar-refractivity contribution in [2.75, 3.05) is 25.5 Å². The molecule has 1 aromatic heterocycles. The Hall–Kier alpha value is -3.91. The van der Waals surface area contributed by atoms with E-state index in [2.05, 4.69) is 15.5 Å². The molecule has 1 aliphatic rings. The van der Waals surface area contributed by atoms with Crippen LogP contribution >= 0.6 is 11.8 Å². The van der Waals surface area contributed by atoms with Crippen LogP contribution in [0.25, 0.3) is 22.5 Å². The lowest BCUT2D eigenvalue weighted by atomic mass is 10.0. The van der Waals surface area contributed by atoms with Crippen LogP contribution < -0.4 is 14.8 Å². The van der Waals surface area contributed by atoms with E-state index >= 15 is 0 Å². The van der Waals surface area contributed by atoms with Gasteiger partial charge in [-0.2, -0.15) is 0 Å². The third-order valence-electron chi connectivity index (χ3n) is 5.44. The lowest BCUT2D eigenvalue weighted by Gasteiger charge is -2.18. The van der Waals surface area contributed by atoms with Gasteiger partial charge in [0.1, 0.15) is 24.6 Å². The molecule has 0 bridgehead atoms. The highest BCUT2D eigenvalue weighted by atomic mass is 32.2. The molecule has 1 N–H and O–H groups in total. The Morgan fingerprint density at radius 3 is 2.26 bits per heavy atom. The molecular weight excluding hydrogens is 460 g/mol. The Labute approximate surface area is 207 Å². The molecule has 0 radical (unpaired) electrons. The summed E-state index contributed by atoms with van der Waals surface area (Å²) in [6, 6.07) is 25.6. The number of nitrogens with one attached hydrogen (secondary N) is 1. The predicted octanol–water partition coefficient (Wildman–Crippen LogP) is 4.43. The maximum absolute atomic E-state index is 12.4. The summed E-state index contributed by atoms with van der Waals surface area (Å²) in [5.41, 5.74) is 4.43. The maximum atomic E-state index is 12.4. The van der Waals surface area contributed by atoms with Crippen LogP contribution in [0.2, 0.25) is 0 Å². The molecule has 1 amide bonds. The second-order valence-electron chi connectivity index (χ2n) is 7.89. The van der Waals surface area contributed by atoms with Crippen LogP contribution in [0.5, 0.6) is 11.5 Å². The van der Waals surface area contributed by atoms with Gasteiger partial charge in [-0.1, -0.05) is 78.5 Å². The van der Waals surface area contributed by atoms with E-state index in [1.165, 1.54) is 11.8 Å². The number of thioether (sulfide) groups is 1. The molecule has 0 aliphatic carbocycles. The number of carbonyl (C=O) groups is 1. The van der Waals surface area contributed by atoms with Crippen LogP contribution in [0.1, 0.15) is 5.56 Å². The Bertz CT molecular complexity index is 1300. The second kappa shape index (κ2) is 11.0. The zero-order valence-electron chi connectivity index (χ0n) is 19.0. The number of carbonyl (C=O) groups excluding carboxylic acids is 1. The van der Waals surface area contributed by atoms with Crippen molar-refractivity contribution >= 4 is 17.7 Å².